The Bertz CT molecular complexity index is 232. The Kier molecular flexibility index (Phi) is 5.04. The molecular formula is C10H19N3S. The Labute approximate surface area is 90.1 Å². The molecule has 0 bridgehead atoms. The van der Waals surface area contributed by atoms with Gasteiger partial charge in [0.15, 0.2) is 0 Å². The van der Waals surface area contributed by atoms with Crippen LogP contribution in [0.15, 0.2) is 5.38 Å². The summed E-state index contributed by atoms with van der Waals surface area (Å²) in [6.07, 6.45) is 2.37. The fourth-order valence-corrected chi connectivity index (χ4v) is 2.29. The fraction of sp³-hybridized carbons (Fsp3) is 0.800. The van der Waals surface area contributed by atoms with Crippen molar-refractivity contribution in [2.45, 2.75) is 39.7 Å². The van der Waals surface area contributed by atoms with Gasteiger partial charge >= 0.3 is 0 Å². The zero-order valence-corrected chi connectivity index (χ0v) is 9.97. The fourth-order valence-electron chi connectivity index (χ4n) is 1.80. The average molecular weight is 213 g/mol. The number of hydrogen-bond acceptors (Lipinski definition) is 4. The van der Waals surface area contributed by atoms with Crippen molar-refractivity contribution in [3.05, 3.63) is 11.1 Å². The van der Waals surface area contributed by atoms with Crippen LogP contribution in [-0.2, 0) is 0 Å². The first-order valence-electron chi connectivity index (χ1n) is 5.33. The molecule has 1 aromatic heterocycles. The molecule has 0 saturated carbocycles. The van der Waals surface area contributed by atoms with Gasteiger partial charge in [-0.2, -0.15) is 0 Å². The third kappa shape index (κ3) is 2.75. The first-order chi connectivity index (χ1) is 6.83. The molecule has 0 aliphatic rings. The predicted octanol–water partition coefficient (Wildman–Crippen LogP) is 2.62. The molecular weight excluding hydrogens is 194 g/mol. The van der Waals surface area contributed by atoms with Gasteiger partial charge in [-0.1, -0.05) is 38.1 Å². The topological polar surface area (TPSA) is 37.8 Å². The lowest BCUT2D eigenvalue weighted by Gasteiger charge is -2.23. The summed E-state index contributed by atoms with van der Waals surface area (Å²) in [5.41, 5.74) is 1.10. The molecule has 14 heavy (non-hydrogen) atoms. The van der Waals surface area contributed by atoms with Crippen LogP contribution in [0, 0.1) is 5.92 Å². The number of hydrogen-bond donors (Lipinski definition) is 1. The van der Waals surface area contributed by atoms with Crippen molar-refractivity contribution < 1.29 is 0 Å². The van der Waals surface area contributed by atoms with Crippen LogP contribution in [0.3, 0.4) is 0 Å². The molecule has 1 heterocycles. The third-order valence-electron chi connectivity index (χ3n) is 2.64. The highest BCUT2D eigenvalue weighted by molar-refractivity contribution is 7.03. The van der Waals surface area contributed by atoms with Crippen LogP contribution in [0.2, 0.25) is 0 Å². The van der Waals surface area contributed by atoms with Crippen LogP contribution in [0.4, 0.5) is 0 Å². The predicted molar refractivity (Wildman–Crippen MR) is 60.4 cm³/mol. The molecule has 1 rings (SSSR count). The quantitative estimate of drug-likeness (QED) is 0.789. The minimum absolute atomic E-state index is 0.383. The number of nitrogens with zero attached hydrogens (tertiary/aromatic N) is 2. The van der Waals surface area contributed by atoms with E-state index >= 15 is 0 Å². The lowest BCUT2D eigenvalue weighted by atomic mass is 9.92. The number of aromatic nitrogens is 2. The van der Waals surface area contributed by atoms with Crippen molar-refractivity contribution in [3.63, 3.8) is 0 Å². The minimum atomic E-state index is 0.383. The van der Waals surface area contributed by atoms with Crippen LogP contribution in [0.1, 0.15) is 45.3 Å². The molecule has 3 nitrogen and oxygen atoms in total. The first kappa shape index (κ1) is 11.6. The average Bonchev–Trinajstić information content (AvgIpc) is 2.71. The summed E-state index contributed by atoms with van der Waals surface area (Å²) >= 11 is 1.43. The van der Waals surface area contributed by atoms with Gasteiger partial charge in [0.05, 0.1) is 11.7 Å². The van der Waals surface area contributed by atoms with Crippen LogP contribution in [0.25, 0.3) is 0 Å². The van der Waals surface area contributed by atoms with Gasteiger partial charge in [0.25, 0.3) is 0 Å². The van der Waals surface area contributed by atoms with E-state index in [9.17, 15) is 0 Å². The van der Waals surface area contributed by atoms with Gasteiger partial charge in [0.1, 0.15) is 0 Å². The summed E-state index contributed by atoms with van der Waals surface area (Å²) in [7, 11) is 0. The van der Waals surface area contributed by atoms with Gasteiger partial charge in [0, 0.05) is 5.38 Å². The van der Waals surface area contributed by atoms with E-state index in [-0.39, 0.29) is 0 Å². The highest BCUT2D eigenvalue weighted by Crippen LogP contribution is 2.26. The molecule has 4 heteroatoms. The van der Waals surface area contributed by atoms with E-state index in [4.69, 9.17) is 0 Å². The van der Waals surface area contributed by atoms with Gasteiger partial charge in [-0.25, -0.2) is 0 Å². The van der Waals surface area contributed by atoms with E-state index in [2.05, 4.69) is 35.7 Å². The molecule has 0 radical (unpaired) electrons. The molecule has 1 N–H and O–H groups in total. The zero-order valence-electron chi connectivity index (χ0n) is 9.16. The van der Waals surface area contributed by atoms with Gasteiger partial charge < -0.3 is 5.32 Å². The Morgan fingerprint density at radius 3 is 2.50 bits per heavy atom. The second-order valence-electron chi connectivity index (χ2n) is 3.44. The number of rotatable bonds is 6. The van der Waals surface area contributed by atoms with E-state index in [1.165, 1.54) is 24.4 Å². The normalized spacial score (nSPS) is 13.4. The van der Waals surface area contributed by atoms with Crippen LogP contribution in [-0.4, -0.2) is 16.1 Å². The molecule has 0 fully saturated rings. The van der Waals surface area contributed by atoms with E-state index in [0.717, 1.165) is 12.2 Å². The van der Waals surface area contributed by atoms with Crippen molar-refractivity contribution in [3.8, 4) is 0 Å². The molecule has 0 aromatic carbocycles. The van der Waals surface area contributed by atoms with Gasteiger partial charge in [0.2, 0.25) is 0 Å². The van der Waals surface area contributed by atoms with E-state index < -0.39 is 0 Å². The maximum absolute atomic E-state index is 4.16. The first-order valence-corrected chi connectivity index (χ1v) is 6.17. The van der Waals surface area contributed by atoms with Crippen molar-refractivity contribution in [2.75, 3.05) is 6.54 Å². The molecule has 0 saturated heterocycles. The maximum atomic E-state index is 4.16. The Balaban J connectivity index is 2.72. The van der Waals surface area contributed by atoms with E-state index in [1.54, 1.807) is 0 Å². The van der Waals surface area contributed by atoms with Crippen LogP contribution in [0.5, 0.6) is 0 Å². The van der Waals surface area contributed by atoms with E-state index in [1.807, 2.05) is 5.38 Å². The second-order valence-corrected chi connectivity index (χ2v) is 4.05. The SMILES string of the molecule is CCNC(c1csnn1)C(CC)CC. The van der Waals surface area contributed by atoms with Crippen molar-refractivity contribution in [1.82, 2.24) is 14.9 Å². The lowest BCUT2D eigenvalue weighted by Crippen LogP contribution is -2.28. The van der Waals surface area contributed by atoms with Gasteiger partial charge in [-0.3, -0.25) is 0 Å². The molecule has 0 aliphatic carbocycles. The maximum Gasteiger partial charge on any atom is 0.0927 e. The molecule has 1 aromatic rings. The summed E-state index contributed by atoms with van der Waals surface area (Å²) < 4.78 is 3.93. The van der Waals surface area contributed by atoms with Gasteiger partial charge in [-0.05, 0) is 24.0 Å². The molecule has 1 atom stereocenters. The summed E-state index contributed by atoms with van der Waals surface area (Å²) in [4.78, 5) is 0. The Hall–Kier alpha value is -0.480. The Morgan fingerprint density at radius 1 is 1.36 bits per heavy atom. The van der Waals surface area contributed by atoms with Crippen LogP contribution >= 0.6 is 11.5 Å². The highest BCUT2D eigenvalue weighted by atomic mass is 32.1. The minimum Gasteiger partial charge on any atom is -0.309 e. The standard InChI is InChI=1S/C10H19N3S/c1-4-8(5-2)10(11-6-3)9-7-14-13-12-9/h7-8,10-11H,4-6H2,1-3H3. The second kappa shape index (κ2) is 6.09. The molecule has 0 aliphatic heterocycles. The zero-order chi connectivity index (χ0) is 10.4. The summed E-state index contributed by atoms with van der Waals surface area (Å²) in [6.45, 7) is 7.59. The van der Waals surface area contributed by atoms with Crippen molar-refractivity contribution in [1.29, 1.82) is 0 Å². The molecule has 0 amide bonds. The molecule has 80 valence electrons. The summed E-state index contributed by atoms with van der Waals surface area (Å²) in [5, 5.41) is 9.70. The largest absolute Gasteiger partial charge is 0.309 e. The Morgan fingerprint density at radius 2 is 2.07 bits per heavy atom. The smallest absolute Gasteiger partial charge is 0.0927 e. The molecule has 0 spiro atoms. The summed E-state index contributed by atoms with van der Waals surface area (Å²) in [6, 6.07) is 0.383. The summed E-state index contributed by atoms with van der Waals surface area (Å²) in [5.74, 6) is 0.666. The lowest BCUT2D eigenvalue weighted by molar-refractivity contribution is 0.340. The van der Waals surface area contributed by atoms with Gasteiger partial charge in [-0.15, -0.1) is 5.10 Å². The highest BCUT2D eigenvalue weighted by Gasteiger charge is 2.21. The monoisotopic (exact) mass is 213 g/mol. The van der Waals surface area contributed by atoms with Crippen molar-refractivity contribution in [2.24, 2.45) is 5.92 Å². The number of nitrogens with one attached hydrogen (secondary N) is 1. The third-order valence-corrected chi connectivity index (χ3v) is 3.16. The van der Waals surface area contributed by atoms with Crippen LogP contribution < -0.4 is 5.32 Å². The van der Waals surface area contributed by atoms with E-state index in [0.29, 0.717) is 12.0 Å². The van der Waals surface area contributed by atoms with Crippen molar-refractivity contribution >= 4 is 11.5 Å². The molecule has 1 unspecified atom stereocenters.